The van der Waals surface area contributed by atoms with Gasteiger partial charge in [-0.25, -0.2) is 0 Å². The van der Waals surface area contributed by atoms with Gasteiger partial charge in [-0.15, -0.1) is 0 Å². The number of hydrogen-bond acceptors (Lipinski definition) is 2. The largest absolute Gasteiger partial charge is 0.298 e. The van der Waals surface area contributed by atoms with Gasteiger partial charge < -0.3 is 0 Å². The zero-order chi connectivity index (χ0) is 12.1. The molecule has 88 valence electrons. The van der Waals surface area contributed by atoms with E-state index >= 15 is 0 Å². The summed E-state index contributed by atoms with van der Waals surface area (Å²) in [6.07, 6.45) is 0. The van der Waals surface area contributed by atoms with E-state index in [-0.39, 0.29) is 17.5 Å². The van der Waals surface area contributed by atoms with Crippen molar-refractivity contribution in [3.8, 4) is 0 Å². The fraction of sp³-hybridized carbons (Fsp3) is 0.417. The lowest BCUT2D eigenvalue weighted by Crippen LogP contribution is -2.17. The van der Waals surface area contributed by atoms with E-state index in [0.717, 1.165) is 5.56 Å². The average Bonchev–Trinajstić information content (AvgIpc) is 2.21. The summed E-state index contributed by atoms with van der Waals surface area (Å²) in [5.41, 5.74) is 0.832. The minimum absolute atomic E-state index is 0.0328. The van der Waals surface area contributed by atoms with Gasteiger partial charge in [0, 0.05) is 21.7 Å². The molecule has 0 fully saturated rings. The van der Waals surface area contributed by atoms with Crippen LogP contribution in [0.15, 0.2) is 24.3 Å². The molecular formula is C12H15ClO2S. The second kappa shape index (κ2) is 6.16. The third-order valence-electron chi connectivity index (χ3n) is 2.22. The van der Waals surface area contributed by atoms with E-state index in [0.29, 0.717) is 10.8 Å². The Hall–Kier alpha value is -0.670. The summed E-state index contributed by atoms with van der Waals surface area (Å²) in [5, 5.41) is 0.604. The van der Waals surface area contributed by atoms with Gasteiger partial charge in [0.15, 0.2) is 0 Å². The van der Waals surface area contributed by atoms with E-state index in [1.807, 2.05) is 32.0 Å². The van der Waals surface area contributed by atoms with Crippen molar-refractivity contribution in [1.82, 2.24) is 0 Å². The molecule has 0 heterocycles. The highest BCUT2D eigenvalue weighted by atomic mass is 35.5. The van der Waals surface area contributed by atoms with Gasteiger partial charge >= 0.3 is 0 Å². The smallest absolute Gasteiger partial charge is 0.147 e. The van der Waals surface area contributed by atoms with Crippen molar-refractivity contribution in [3.63, 3.8) is 0 Å². The van der Waals surface area contributed by atoms with Gasteiger partial charge in [-0.3, -0.25) is 9.00 Å². The van der Waals surface area contributed by atoms with Crippen LogP contribution in [0.5, 0.6) is 0 Å². The first kappa shape index (κ1) is 13.4. The third kappa shape index (κ3) is 4.06. The Balaban J connectivity index is 2.59. The lowest BCUT2D eigenvalue weighted by atomic mass is 10.1. The molecule has 1 rings (SSSR count). The topological polar surface area (TPSA) is 34.1 Å². The minimum Gasteiger partial charge on any atom is -0.298 e. The lowest BCUT2D eigenvalue weighted by molar-refractivity contribution is -0.119. The Bertz CT molecular complexity index is 402. The molecule has 0 N–H and O–H groups in total. The van der Waals surface area contributed by atoms with E-state index in [1.165, 1.54) is 0 Å². The number of halogens is 1. The third-order valence-corrected chi connectivity index (χ3v) is 3.83. The molecule has 4 heteroatoms. The highest BCUT2D eigenvalue weighted by Gasteiger charge is 2.13. The molecule has 1 aromatic carbocycles. The maximum absolute atomic E-state index is 11.7. The van der Waals surface area contributed by atoms with Gasteiger partial charge in [0.2, 0.25) is 0 Å². The fourth-order valence-electron chi connectivity index (χ4n) is 1.17. The van der Waals surface area contributed by atoms with Crippen LogP contribution in [0.1, 0.15) is 19.4 Å². The molecular weight excluding hydrogens is 244 g/mol. The first-order chi connectivity index (χ1) is 7.50. The van der Waals surface area contributed by atoms with E-state index in [1.54, 1.807) is 6.07 Å². The molecule has 0 saturated carbocycles. The van der Waals surface area contributed by atoms with Crippen LogP contribution >= 0.6 is 11.6 Å². The summed E-state index contributed by atoms with van der Waals surface area (Å²) in [6, 6.07) is 7.27. The van der Waals surface area contributed by atoms with Gasteiger partial charge in [0.05, 0.1) is 11.5 Å². The summed E-state index contributed by atoms with van der Waals surface area (Å²) < 4.78 is 11.7. The highest BCUT2D eigenvalue weighted by Crippen LogP contribution is 2.16. The summed E-state index contributed by atoms with van der Waals surface area (Å²) in [6.45, 7) is 3.63. The van der Waals surface area contributed by atoms with Gasteiger partial charge in [0.1, 0.15) is 5.78 Å². The fourth-order valence-corrected chi connectivity index (χ4v) is 2.80. The zero-order valence-corrected chi connectivity index (χ0v) is 11.0. The second-order valence-electron chi connectivity index (χ2n) is 3.94. The normalized spacial score (nSPS) is 12.8. The average molecular weight is 259 g/mol. The number of Topliss-reactive ketones (excluding diaryl/α,β-unsaturated/α-hetero) is 1. The molecule has 0 amide bonds. The number of rotatable bonds is 5. The Morgan fingerprint density at radius 2 is 2.00 bits per heavy atom. The zero-order valence-electron chi connectivity index (χ0n) is 9.40. The quantitative estimate of drug-likeness (QED) is 0.814. The minimum atomic E-state index is -1.17. The highest BCUT2D eigenvalue weighted by molar-refractivity contribution is 7.84. The van der Waals surface area contributed by atoms with Crippen LogP contribution in [0, 0.1) is 5.92 Å². The van der Waals surface area contributed by atoms with E-state index < -0.39 is 10.8 Å². The molecule has 0 bridgehead atoms. The molecule has 16 heavy (non-hydrogen) atoms. The predicted molar refractivity (Wildman–Crippen MR) is 68.0 cm³/mol. The van der Waals surface area contributed by atoms with Crippen LogP contribution in [0.3, 0.4) is 0 Å². The van der Waals surface area contributed by atoms with Crippen molar-refractivity contribution in [3.05, 3.63) is 34.9 Å². The molecule has 1 unspecified atom stereocenters. The molecule has 0 aliphatic carbocycles. The standard InChI is InChI=1S/C12H15ClO2S/c1-9(2)12(14)8-16(15)7-10-5-3-4-6-11(10)13/h3-6,9H,7-8H2,1-2H3. The number of hydrogen-bond donors (Lipinski definition) is 0. The Labute approximate surface area is 103 Å². The first-order valence-electron chi connectivity index (χ1n) is 5.11. The molecule has 0 aliphatic heterocycles. The SMILES string of the molecule is CC(C)C(=O)CS(=O)Cc1ccccc1Cl. The Morgan fingerprint density at radius 1 is 1.38 bits per heavy atom. The lowest BCUT2D eigenvalue weighted by Gasteiger charge is -2.05. The van der Waals surface area contributed by atoms with Gasteiger partial charge in [0.25, 0.3) is 0 Å². The molecule has 1 atom stereocenters. The van der Waals surface area contributed by atoms with Crippen molar-refractivity contribution in [2.75, 3.05) is 5.75 Å². The Morgan fingerprint density at radius 3 is 2.56 bits per heavy atom. The van der Waals surface area contributed by atoms with E-state index in [2.05, 4.69) is 0 Å². The number of ketones is 1. The maximum atomic E-state index is 11.7. The Kier molecular flexibility index (Phi) is 5.16. The van der Waals surface area contributed by atoms with Crippen molar-refractivity contribution < 1.29 is 9.00 Å². The first-order valence-corrected chi connectivity index (χ1v) is 6.98. The van der Waals surface area contributed by atoms with Crippen molar-refractivity contribution in [2.45, 2.75) is 19.6 Å². The number of carbonyl (C=O) groups is 1. The second-order valence-corrected chi connectivity index (χ2v) is 5.81. The van der Waals surface area contributed by atoms with Gasteiger partial charge in [-0.1, -0.05) is 43.6 Å². The molecule has 0 aromatic heterocycles. The molecule has 2 nitrogen and oxygen atoms in total. The molecule has 0 radical (unpaired) electrons. The van der Waals surface area contributed by atoms with Crippen molar-refractivity contribution >= 4 is 28.2 Å². The summed E-state index contributed by atoms with van der Waals surface area (Å²) in [5.74, 6) is 0.432. The van der Waals surface area contributed by atoms with Crippen LogP contribution in [0.25, 0.3) is 0 Å². The summed E-state index contributed by atoms with van der Waals surface area (Å²) in [4.78, 5) is 11.4. The summed E-state index contributed by atoms with van der Waals surface area (Å²) >= 11 is 5.95. The van der Waals surface area contributed by atoms with Crippen LogP contribution in [0.2, 0.25) is 5.02 Å². The van der Waals surface area contributed by atoms with Crippen molar-refractivity contribution in [2.24, 2.45) is 5.92 Å². The van der Waals surface area contributed by atoms with E-state index in [4.69, 9.17) is 11.6 Å². The monoisotopic (exact) mass is 258 g/mol. The molecule has 0 spiro atoms. The summed E-state index contributed by atoms with van der Waals surface area (Å²) in [7, 11) is -1.17. The van der Waals surface area contributed by atoms with Crippen LogP contribution in [-0.4, -0.2) is 15.7 Å². The molecule has 0 saturated heterocycles. The maximum Gasteiger partial charge on any atom is 0.147 e. The van der Waals surface area contributed by atoms with Crippen LogP contribution < -0.4 is 0 Å². The number of benzene rings is 1. The van der Waals surface area contributed by atoms with Crippen LogP contribution in [0.4, 0.5) is 0 Å². The van der Waals surface area contributed by atoms with Crippen molar-refractivity contribution in [1.29, 1.82) is 0 Å². The van der Waals surface area contributed by atoms with Crippen LogP contribution in [-0.2, 0) is 21.3 Å². The number of carbonyl (C=O) groups excluding carboxylic acids is 1. The molecule has 1 aromatic rings. The predicted octanol–water partition coefficient (Wildman–Crippen LogP) is 2.81. The van der Waals surface area contributed by atoms with Gasteiger partial charge in [-0.05, 0) is 11.6 Å². The van der Waals surface area contributed by atoms with Gasteiger partial charge in [-0.2, -0.15) is 0 Å². The molecule has 0 aliphatic rings. The van der Waals surface area contributed by atoms with E-state index in [9.17, 15) is 9.00 Å².